The fraction of sp³-hybridized carbons (Fsp3) is 0.750. The van der Waals surface area contributed by atoms with Crippen molar-refractivity contribution in [2.75, 3.05) is 7.11 Å². The third kappa shape index (κ3) is 2.57. The molecule has 0 amide bonds. The highest BCUT2D eigenvalue weighted by atomic mass is 32.2. The Labute approximate surface area is 95.5 Å². The molecule has 2 nitrogen and oxygen atoms in total. The average molecular weight is 226 g/mol. The van der Waals surface area contributed by atoms with Gasteiger partial charge in [-0.25, -0.2) is 0 Å². The zero-order valence-electron chi connectivity index (χ0n) is 9.25. The van der Waals surface area contributed by atoms with Crippen LogP contribution in [-0.4, -0.2) is 18.3 Å². The zero-order valence-corrected chi connectivity index (χ0v) is 10.1. The summed E-state index contributed by atoms with van der Waals surface area (Å²) in [6, 6.07) is 0. The molecule has 0 aromatic heterocycles. The molecular weight excluding hydrogens is 208 g/mol. The van der Waals surface area contributed by atoms with E-state index in [1.807, 2.05) is 0 Å². The standard InChI is InChI=1S/C12H18O2S/c1-14-12(13)11-8-9-6-4-2-3-5-7-10(9)15-11/h11H,2-8H2,1H3. The third-order valence-electron chi connectivity index (χ3n) is 3.21. The Morgan fingerprint density at radius 1 is 1.27 bits per heavy atom. The van der Waals surface area contributed by atoms with Crippen LogP contribution in [0.5, 0.6) is 0 Å². The molecule has 0 saturated heterocycles. The second-order valence-electron chi connectivity index (χ2n) is 4.27. The minimum atomic E-state index is -0.0493. The molecule has 1 unspecified atom stereocenters. The number of ether oxygens (including phenoxy) is 1. The van der Waals surface area contributed by atoms with E-state index in [1.165, 1.54) is 56.1 Å². The van der Waals surface area contributed by atoms with Gasteiger partial charge in [0, 0.05) is 0 Å². The molecule has 0 spiro atoms. The molecule has 2 rings (SSSR count). The third-order valence-corrected chi connectivity index (χ3v) is 4.63. The van der Waals surface area contributed by atoms with Gasteiger partial charge in [-0.2, -0.15) is 0 Å². The number of rotatable bonds is 1. The molecule has 0 aromatic carbocycles. The van der Waals surface area contributed by atoms with E-state index in [1.54, 1.807) is 11.8 Å². The van der Waals surface area contributed by atoms with Crippen LogP contribution in [0, 0.1) is 0 Å². The Morgan fingerprint density at radius 2 is 2.00 bits per heavy atom. The van der Waals surface area contributed by atoms with E-state index in [2.05, 4.69) is 0 Å². The van der Waals surface area contributed by atoms with Crippen LogP contribution in [0.25, 0.3) is 0 Å². The van der Waals surface area contributed by atoms with Gasteiger partial charge in [0.25, 0.3) is 0 Å². The molecular formula is C12H18O2S. The van der Waals surface area contributed by atoms with Gasteiger partial charge in [-0.15, -0.1) is 11.8 Å². The number of allylic oxidation sites excluding steroid dienone is 2. The van der Waals surface area contributed by atoms with Crippen LogP contribution in [0.3, 0.4) is 0 Å². The Balaban J connectivity index is 2.00. The maximum absolute atomic E-state index is 11.5. The first-order valence-corrected chi connectivity index (χ1v) is 6.64. The first kappa shape index (κ1) is 11.1. The van der Waals surface area contributed by atoms with Gasteiger partial charge in [-0.3, -0.25) is 4.79 Å². The van der Waals surface area contributed by atoms with Crippen LogP contribution in [-0.2, 0) is 9.53 Å². The van der Waals surface area contributed by atoms with Gasteiger partial charge >= 0.3 is 5.97 Å². The first-order valence-electron chi connectivity index (χ1n) is 5.76. The molecule has 0 bridgehead atoms. The number of esters is 1. The molecule has 1 aliphatic heterocycles. The molecule has 2 aliphatic rings. The lowest BCUT2D eigenvalue weighted by atomic mass is 9.97. The molecule has 0 fully saturated rings. The molecule has 3 heteroatoms. The van der Waals surface area contributed by atoms with Gasteiger partial charge in [-0.1, -0.05) is 18.4 Å². The summed E-state index contributed by atoms with van der Waals surface area (Å²) in [6.45, 7) is 0. The monoisotopic (exact) mass is 226 g/mol. The Morgan fingerprint density at radius 3 is 2.73 bits per heavy atom. The Bertz CT molecular complexity index is 263. The molecule has 0 saturated carbocycles. The van der Waals surface area contributed by atoms with Crippen LogP contribution < -0.4 is 0 Å². The normalized spacial score (nSPS) is 26.9. The van der Waals surface area contributed by atoms with Crippen molar-refractivity contribution in [1.82, 2.24) is 0 Å². The number of hydrogen-bond donors (Lipinski definition) is 0. The van der Waals surface area contributed by atoms with E-state index < -0.39 is 0 Å². The van der Waals surface area contributed by atoms with Crippen molar-refractivity contribution in [1.29, 1.82) is 0 Å². The lowest BCUT2D eigenvalue weighted by Gasteiger charge is -2.10. The molecule has 15 heavy (non-hydrogen) atoms. The summed E-state index contributed by atoms with van der Waals surface area (Å²) in [5, 5.41) is 0.0538. The lowest BCUT2D eigenvalue weighted by molar-refractivity contribution is -0.139. The second kappa shape index (κ2) is 5.06. The first-order chi connectivity index (χ1) is 7.31. The molecule has 84 valence electrons. The van der Waals surface area contributed by atoms with Crippen molar-refractivity contribution in [2.45, 2.75) is 50.2 Å². The minimum absolute atomic E-state index is 0.0493. The Hall–Kier alpha value is -0.440. The molecule has 0 aromatic rings. The van der Waals surface area contributed by atoms with Crippen molar-refractivity contribution < 1.29 is 9.53 Å². The predicted molar refractivity (Wildman–Crippen MR) is 62.7 cm³/mol. The summed E-state index contributed by atoms with van der Waals surface area (Å²) in [5.41, 5.74) is 1.54. The zero-order chi connectivity index (χ0) is 10.7. The van der Waals surface area contributed by atoms with Crippen molar-refractivity contribution >= 4 is 17.7 Å². The van der Waals surface area contributed by atoms with Gasteiger partial charge in [0.05, 0.1) is 7.11 Å². The smallest absolute Gasteiger partial charge is 0.319 e. The maximum atomic E-state index is 11.5. The number of thioether (sulfide) groups is 1. The van der Waals surface area contributed by atoms with Gasteiger partial charge in [0.2, 0.25) is 0 Å². The van der Waals surface area contributed by atoms with Crippen molar-refractivity contribution in [3.05, 3.63) is 10.5 Å². The Kier molecular flexibility index (Phi) is 3.73. The summed E-state index contributed by atoms with van der Waals surface area (Å²) in [6.07, 6.45) is 8.62. The summed E-state index contributed by atoms with van der Waals surface area (Å²) < 4.78 is 4.82. The number of carbonyl (C=O) groups is 1. The minimum Gasteiger partial charge on any atom is -0.468 e. The topological polar surface area (TPSA) is 26.3 Å². The van der Waals surface area contributed by atoms with Crippen LogP contribution in [0.15, 0.2) is 10.5 Å². The van der Waals surface area contributed by atoms with E-state index in [0.29, 0.717) is 0 Å². The lowest BCUT2D eigenvalue weighted by Crippen LogP contribution is -2.16. The van der Waals surface area contributed by atoms with E-state index in [4.69, 9.17) is 4.74 Å². The number of methoxy groups -OCH3 is 1. The van der Waals surface area contributed by atoms with E-state index in [9.17, 15) is 4.79 Å². The summed E-state index contributed by atoms with van der Waals surface area (Å²) in [7, 11) is 1.48. The fourth-order valence-electron chi connectivity index (χ4n) is 2.35. The van der Waals surface area contributed by atoms with Gasteiger partial charge < -0.3 is 4.74 Å². The predicted octanol–water partition coefficient (Wildman–Crippen LogP) is 3.27. The second-order valence-corrected chi connectivity index (χ2v) is 5.57. The van der Waals surface area contributed by atoms with E-state index >= 15 is 0 Å². The summed E-state index contributed by atoms with van der Waals surface area (Å²) in [4.78, 5) is 13.0. The van der Waals surface area contributed by atoms with Crippen molar-refractivity contribution in [3.8, 4) is 0 Å². The summed E-state index contributed by atoms with van der Waals surface area (Å²) in [5.74, 6) is -0.0493. The fourth-order valence-corrected chi connectivity index (χ4v) is 3.79. The van der Waals surface area contributed by atoms with Crippen LogP contribution in [0.1, 0.15) is 44.9 Å². The highest BCUT2D eigenvalue weighted by Crippen LogP contribution is 2.43. The molecule has 0 N–H and O–H groups in total. The highest BCUT2D eigenvalue weighted by molar-refractivity contribution is 8.04. The average Bonchev–Trinajstić information content (AvgIpc) is 2.60. The van der Waals surface area contributed by atoms with Crippen LogP contribution in [0.4, 0.5) is 0 Å². The number of carbonyl (C=O) groups excluding carboxylic acids is 1. The molecule has 1 heterocycles. The molecule has 0 radical (unpaired) electrons. The van der Waals surface area contributed by atoms with Crippen molar-refractivity contribution in [2.24, 2.45) is 0 Å². The quantitative estimate of drug-likeness (QED) is 0.642. The van der Waals surface area contributed by atoms with Crippen molar-refractivity contribution in [3.63, 3.8) is 0 Å². The van der Waals surface area contributed by atoms with Gasteiger partial charge in [0.15, 0.2) is 0 Å². The highest BCUT2D eigenvalue weighted by Gasteiger charge is 2.30. The number of hydrogen-bond acceptors (Lipinski definition) is 3. The van der Waals surface area contributed by atoms with Gasteiger partial charge in [0.1, 0.15) is 5.25 Å². The molecule has 1 aliphatic carbocycles. The SMILES string of the molecule is COC(=O)C1CC2=C(CCCCCC2)S1. The van der Waals surface area contributed by atoms with Crippen LogP contribution in [0.2, 0.25) is 0 Å². The maximum Gasteiger partial charge on any atom is 0.319 e. The van der Waals surface area contributed by atoms with Gasteiger partial charge in [-0.05, 0) is 37.0 Å². The largest absolute Gasteiger partial charge is 0.468 e. The van der Waals surface area contributed by atoms with Crippen LogP contribution >= 0.6 is 11.8 Å². The van der Waals surface area contributed by atoms with E-state index in [-0.39, 0.29) is 11.2 Å². The summed E-state index contributed by atoms with van der Waals surface area (Å²) >= 11 is 1.75. The molecule has 1 atom stereocenters. The van der Waals surface area contributed by atoms with E-state index in [0.717, 1.165) is 6.42 Å².